The van der Waals surface area contributed by atoms with Gasteiger partial charge in [0.25, 0.3) is 0 Å². The zero-order valence-corrected chi connectivity index (χ0v) is 17.9. The van der Waals surface area contributed by atoms with E-state index in [2.05, 4.69) is 54.2 Å². The van der Waals surface area contributed by atoms with Crippen LogP contribution in [0.15, 0.2) is 64.4 Å². The van der Waals surface area contributed by atoms with Crippen molar-refractivity contribution in [3.8, 4) is 0 Å². The van der Waals surface area contributed by atoms with E-state index in [9.17, 15) is 4.79 Å². The van der Waals surface area contributed by atoms with Gasteiger partial charge in [-0.1, -0.05) is 42.1 Å². The van der Waals surface area contributed by atoms with E-state index in [1.54, 1.807) is 11.8 Å². The third-order valence-electron chi connectivity index (χ3n) is 5.38. The third-order valence-corrected chi connectivity index (χ3v) is 6.46. The molecule has 0 spiro atoms. The van der Waals surface area contributed by atoms with Gasteiger partial charge in [-0.25, -0.2) is 0 Å². The van der Waals surface area contributed by atoms with Gasteiger partial charge in [0, 0.05) is 21.9 Å². The summed E-state index contributed by atoms with van der Waals surface area (Å²) >= 11 is 1.67. The number of piperidine rings is 1. The number of carbonyl (C=O) groups is 1. The molecule has 1 aliphatic rings. The maximum atomic E-state index is 12.7. The Labute approximate surface area is 173 Å². The Kier molecular flexibility index (Phi) is 7.54. The van der Waals surface area contributed by atoms with Crippen molar-refractivity contribution in [2.24, 2.45) is 0 Å². The highest BCUT2D eigenvalue weighted by Gasteiger charge is 2.24. The van der Waals surface area contributed by atoms with Crippen LogP contribution in [0.4, 0.5) is 5.69 Å². The molecule has 1 aliphatic heterocycles. The first-order chi connectivity index (χ1) is 13.5. The Morgan fingerprint density at radius 2 is 1.75 bits per heavy atom. The smallest absolute Gasteiger partial charge is 0.238 e. The second-order valence-corrected chi connectivity index (χ2v) is 8.85. The van der Waals surface area contributed by atoms with E-state index in [0.717, 1.165) is 36.5 Å². The van der Waals surface area contributed by atoms with Crippen LogP contribution in [0.25, 0.3) is 0 Å². The van der Waals surface area contributed by atoms with Crippen molar-refractivity contribution in [1.29, 1.82) is 0 Å². The lowest BCUT2D eigenvalue weighted by atomic mass is 10.0. The van der Waals surface area contributed by atoms with Gasteiger partial charge in [-0.15, -0.1) is 0 Å². The highest BCUT2D eigenvalue weighted by Crippen LogP contribution is 2.33. The molecule has 0 radical (unpaired) electrons. The zero-order valence-electron chi connectivity index (χ0n) is 17.1. The van der Waals surface area contributed by atoms with Crippen molar-refractivity contribution in [1.82, 2.24) is 9.80 Å². The van der Waals surface area contributed by atoms with Crippen LogP contribution in [0.2, 0.25) is 0 Å². The third kappa shape index (κ3) is 5.84. The molecule has 0 aromatic heterocycles. The number of rotatable bonds is 7. The summed E-state index contributed by atoms with van der Waals surface area (Å²) in [5.74, 6) is 0.0508. The van der Waals surface area contributed by atoms with Crippen LogP contribution in [0.1, 0.15) is 26.7 Å². The van der Waals surface area contributed by atoms with Crippen molar-refractivity contribution < 1.29 is 4.79 Å². The predicted octanol–water partition coefficient (Wildman–Crippen LogP) is 4.58. The summed E-state index contributed by atoms with van der Waals surface area (Å²) in [5.41, 5.74) is 0.879. The SMILES string of the molecule is CC(C)N1CCC(N(C)CC(=O)Nc2ccccc2Sc2ccccc2)CC1. The van der Waals surface area contributed by atoms with Crippen molar-refractivity contribution >= 4 is 23.4 Å². The number of likely N-dealkylation sites (N-methyl/N-ethyl adjacent to an activating group) is 1. The van der Waals surface area contributed by atoms with Gasteiger partial charge in [0.15, 0.2) is 0 Å². The van der Waals surface area contributed by atoms with Crippen LogP contribution in [0.3, 0.4) is 0 Å². The minimum atomic E-state index is 0.0508. The van der Waals surface area contributed by atoms with Gasteiger partial charge < -0.3 is 10.2 Å². The quantitative estimate of drug-likeness (QED) is 0.742. The number of anilines is 1. The highest BCUT2D eigenvalue weighted by atomic mass is 32.2. The summed E-state index contributed by atoms with van der Waals surface area (Å²) < 4.78 is 0. The van der Waals surface area contributed by atoms with Gasteiger partial charge >= 0.3 is 0 Å². The number of hydrogen-bond acceptors (Lipinski definition) is 4. The summed E-state index contributed by atoms with van der Waals surface area (Å²) in [6, 6.07) is 19.3. The first-order valence-corrected chi connectivity index (χ1v) is 10.9. The fourth-order valence-electron chi connectivity index (χ4n) is 3.66. The molecule has 2 aromatic carbocycles. The molecule has 1 heterocycles. The maximum Gasteiger partial charge on any atom is 0.238 e. The molecule has 1 N–H and O–H groups in total. The van der Waals surface area contributed by atoms with Crippen LogP contribution >= 0.6 is 11.8 Å². The van der Waals surface area contributed by atoms with Gasteiger partial charge in [0.05, 0.1) is 12.2 Å². The molecule has 2 aromatic rings. The Morgan fingerprint density at radius 3 is 2.43 bits per heavy atom. The summed E-state index contributed by atoms with van der Waals surface area (Å²) in [7, 11) is 2.07. The number of likely N-dealkylation sites (tertiary alicyclic amines) is 1. The summed E-state index contributed by atoms with van der Waals surface area (Å²) in [6.45, 7) is 7.16. The predicted molar refractivity (Wildman–Crippen MR) is 118 cm³/mol. The lowest BCUT2D eigenvalue weighted by Crippen LogP contribution is -2.47. The van der Waals surface area contributed by atoms with Gasteiger partial charge in [-0.3, -0.25) is 9.69 Å². The first-order valence-electron chi connectivity index (χ1n) is 10.1. The fraction of sp³-hybridized carbons (Fsp3) is 0.435. The number of hydrogen-bond donors (Lipinski definition) is 1. The molecule has 5 heteroatoms. The molecule has 3 rings (SSSR count). The van der Waals surface area contributed by atoms with Crippen molar-refractivity contribution in [2.75, 3.05) is 32.0 Å². The minimum absolute atomic E-state index is 0.0508. The van der Waals surface area contributed by atoms with Gasteiger partial charge in [0.2, 0.25) is 5.91 Å². The lowest BCUT2D eigenvalue weighted by Gasteiger charge is -2.38. The molecule has 1 amide bonds. The second kappa shape index (κ2) is 10.1. The second-order valence-electron chi connectivity index (χ2n) is 7.74. The van der Waals surface area contributed by atoms with Gasteiger partial charge in [0.1, 0.15) is 0 Å². The number of benzene rings is 2. The van der Waals surface area contributed by atoms with Crippen LogP contribution in [-0.2, 0) is 4.79 Å². The van der Waals surface area contributed by atoms with Crippen molar-refractivity contribution in [3.05, 3.63) is 54.6 Å². The number of carbonyl (C=O) groups excluding carboxylic acids is 1. The van der Waals surface area contributed by atoms with Crippen molar-refractivity contribution in [3.63, 3.8) is 0 Å². The summed E-state index contributed by atoms with van der Waals surface area (Å²) in [6.07, 6.45) is 2.25. The monoisotopic (exact) mass is 397 g/mol. The molecular weight excluding hydrogens is 366 g/mol. The topological polar surface area (TPSA) is 35.6 Å². The summed E-state index contributed by atoms with van der Waals surface area (Å²) in [4.78, 5) is 19.6. The van der Waals surface area contributed by atoms with Gasteiger partial charge in [-0.2, -0.15) is 0 Å². The molecule has 4 nitrogen and oxygen atoms in total. The molecular formula is C23H31N3OS. The van der Waals surface area contributed by atoms with Crippen LogP contribution in [-0.4, -0.2) is 54.5 Å². The van der Waals surface area contributed by atoms with E-state index in [1.807, 2.05) is 36.4 Å². The number of amides is 1. The molecule has 0 bridgehead atoms. The number of nitrogens with zero attached hydrogens (tertiary/aromatic N) is 2. The molecule has 28 heavy (non-hydrogen) atoms. The Balaban J connectivity index is 1.55. The highest BCUT2D eigenvalue weighted by molar-refractivity contribution is 7.99. The van der Waals surface area contributed by atoms with E-state index < -0.39 is 0 Å². The Bertz CT molecular complexity index is 757. The molecule has 0 saturated carbocycles. The van der Waals surface area contributed by atoms with Crippen LogP contribution in [0, 0.1) is 0 Å². The van der Waals surface area contributed by atoms with E-state index in [1.165, 1.54) is 4.90 Å². The average molecular weight is 398 g/mol. The van der Waals surface area contributed by atoms with E-state index in [-0.39, 0.29) is 5.91 Å². The number of nitrogens with one attached hydrogen (secondary N) is 1. The average Bonchev–Trinajstić information content (AvgIpc) is 2.70. The van der Waals surface area contributed by atoms with E-state index in [4.69, 9.17) is 0 Å². The lowest BCUT2D eigenvalue weighted by molar-refractivity contribution is -0.117. The minimum Gasteiger partial charge on any atom is -0.324 e. The zero-order chi connectivity index (χ0) is 19.9. The Hall–Kier alpha value is -1.82. The molecule has 1 saturated heterocycles. The fourth-order valence-corrected chi connectivity index (χ4v) is 4.59. The molecule has 1 fully saturated rings. The maximum absolute atomic E-state index is 12.7. The first kappa shape index (κ1) is 20.9. The van der Waals surface area contributed by atoms with E-state index >= 15 is 0 Å². The molecule has 0 atom stereocenters. The number of para-hydroxylation sites is 1. The molecule has 150 valence electrons. The standard InChI is InChI=1S/C23H31N3OS/c1-18(2)26-15-13-19(14-16-26)25(3)17-23(27)24-21-11-7-8-12-22(21)28-20-9-5-4-6-10-20/h4-12,18-19H,13-17H2,1-3H3,(H,24,27). The van der Waals surface area contributed by atoms with Crippen LogP contribution in [0.5, 0.6) is 0 Å². The van der Waals surface area contributed by atoms with Gasteiger partial charge in [-0.05, 0) is 71.1 Å². The normalized spacial score (nSPS) is 15.9. The van der Waals surface area contributed by atoms with Crippen LogP contribution < -0.4 is 5.32 Å². The Morgan fingerprint density at radius 1 is 1.11 bits per heavy atom. The molecule has 0 unspecified atom stereocenters. The van der Waals surface area contributed by atoms with E-state index in [0.29, 0.717) is 18.6 Å². The van der Waals surface area contributed by atoms with Crippen molar-refractivity contribution in [2.45, 2.75) is 48.6 Å². The summed E-state index contributed by atoms with van der Waals surface area (Å²) in [5, 5.41) is 3.12. The largest absolute Gasteiger partial charge is 0.324 e. The molecule has 0 aliphatic carbocycles.